The molecule has 3 aromatic rings. The smallest absolute Gasteiger partial charge is 0.272 e. The van der Waals surface area contributed by atoms with E-state index in [0.29, 0.717) is 16.6 Å². The van der Waals surface area contributed by atoms with E-state index < -0.39 is 11.7 Å². The van der Waals surface area contributed by atoms with Gasteiger partial charge in [0.2, 0.25) is 0 Å². The van der Waals surface area contributed by atoms with Crippen molar-refractivity contribution in [3.05, 3.63) is 59.8 Å². The summed E-state index contributed by atoms with van der Waals surface area (Å²) in [5, 5.41) is 3.22. The topological polar surface area (TPSA) is 54.1 Å². The number of ether oxygens (including phenoxy) is 1. The third kappa shape index (κ3) is 2.63. The van der Waals surface area contributed by atoms with Gasteiger partial charge in [-0.05, 0) is 36.4 Å². The predicted octanol–water partition coefficient (Wildman–Crippen LogP) is 3.71. The van der Waals surface area contributed by atoms with E-state index in [9.17, 15) is 13.6 Å². The molecule has 1 amide bonds. The second kappa shape index (κ2) is 5.48. The number of amides is 1. The Labute approximate surface area is 124 Å². The van der Waals surface area contributed by atoms with Crippen LogP contribution in [0.15, 0.2) is 42.5 Å². The minimum Gasteiger partial charge on any atom is -0.494 e. The molecule has 22 heavy (non-hydrogen) atoms. The monoisotopic (exact) mass is 302 g/mol. The fourth-order valence-corrected chi connectivity index (χ4v) is 2.18. The Hall–Kier alpha value is -2.89. The van der Waals surface area contributed by atoms with Gasteiger partial charge in [0.25, 0.3) is 5.91 Å². The second-order valence-corrected chi connectivity index (χ2v) is 4.71. The molecule has 1 aromatic heterocycles. The first kappa shape index (κ1) is 14.1. The Morgan fingerprint density at radius 2 is 1.82 bits per heavy atom. The first-order chi connectivity index (χ1) is 10.6. The van der Waals surface area contributed by atoms with Gasteiger partial charge in [0.1, 0.15) is 23.1 Å². The van der Waals surface area contributed by atoms with E-state index in [4.69, 9.17) is 4.74 Å². The summed E-state index contributed by atoms with van der Waals surface area (Å²) in [4.78, 5) is 15.1. The molecule has 0 aliphatic heterocycles. The van der Waals surface area contributed by atoms with Gasteiger partial charge in [-0.25, -0.2) is 8.78 Å². The van der Waals surface area contributed by atoms with Crippen molar-refractivity contribution in [1.29, 1.82) is 0 Å². The van der Waals surface area contributed by atoms with Crippen LogP contribution in [0.25, 0.3) is 10.9 Å². The maximum absolute atomic E-state index is 13.2. The standard InChI is InChI=1S/C16H12F2N2O2/c1-22-15-8-11(18)3-5-13(15)20-16(21)14-7-9-6-10(17)2-4-12(9)19-14/h2-8,19H,1H3,(H,20,21). The van der Waals surface area contributed by atoms with Gasteiger partial charge in [0, 0.05) is 17.0 Å². The molecule has 6 heteroatoms. The van der Waals surface area contributed by atoms with E-state index in [2.05, 4.69) is 10.3 Å². The van der Waals surface area contributed by atoms with Crippen molar-refractivity contribution >= 4 is 22.5 Å². The summed E-state index contributed by atoms with van der Waals surface area (Å²) < 4.78 is 31.3. The normalized spacial score (nSPS) is 10.7. The van der Waals surface area contributed by atoms with Gasteiger partial charge in [-0.1, -0.05) is 0 Å². The van der Waals surface area contributed by atoms with Crippen molar-refractivity contribution in [1.82, 2.24) is 4.98 Å². The lowest BCUT2D eigenvalue weighted by Crippen LogP contribution is -2.13. The Morgan fingerprint density at radius 3 is 2.59 bits per heavy atom. The van der Waals surface area contributed by atoms with Crippen LogP contribution in [-0.4, -0.2) is 18.0 Å². The maximum atomic E-state index is 13.2. The lowest BCUT2D eigenvalue weighted by Gasteiger charge is -2.09. The highest BCUT2D eigenvalue weighted by atomic mass is 19.1. The molecule has 2 aromatic carbocycles. The molecule has 1 heterocycles. The highest BCUT2D eigenvalue weighted by Crippen LogP contribution is 2.26. The van der Waals surface area contributed by atoms with Crippen LogP contribution in [0.3, 0.4) is 0 Å². The van der Waals surface area contributed by atoms with E-state index in [-0.39, 0.29) is 17.3 Å². The van der Waals surface area contributed by atoms with Crippen LogP contribution in [0.2, 0.25) is 0 Å². The highest BCUT2D eigenvalue weighted by Gasteiger charge is 2.13. The Kier molecular flexibility index (Phi) is 3.50. The summed E-state index contributed by atoms with van der Waals surface area (Å²) in [7, 11) is 1.39. The first-order valence-electron chi connectivity index (χ1n) is 6.50. The molecule has 112 valence electrons. The average Bonchev–Trinajstić information content (AvgIpc) is 2.92. The van der Waals surface area contributed by atoms with Crippen LogP contribution < -0.4 is 10.1 Å². The molecule has 0 atom stereocenters. The third-order valence-corrected chi connectivity index (χ3v) is 3.24. The molecule has 3 rings (SSSR count). The number of aromatic amines is 1. The number of methoxy groups -OCH3 is 1. The zero-order valence-corrected chi connectivity index (χ0v) is 11.6. The van der Waals surface area contributed by atoms with Crippen molar-refractivity contribution in [3.63, 3.8) is 0 Å². The van der Waals surface area contributed by atoms with Gasteiger partial charge in [0.15, 0.2) is 0 Å². The van der Waals surface area contributed by atoms with E-state index >= 15 is 0 Å². The van der Waals surface area contributed by atoms with Crippen LogP contribution in [0.1, 0.15) is 10.5 Å². The van der Waals surface area contributed by atoms with Gasteiger partial charge in [-0.15, -0.1) is 0 Å². The molecule has 0 saturated carbocycles. The minimum atomic E-state index is -0.462. The van der Waals surface area contributed by atoms with Gasteiger partial charge < -0.3 is 15.0 Å². The molecule has 2 N–H and O–H groups in total. The zero-order valence-electron chi connectivity index (χ0n) is 11.6. The summed E-state index contributed by atoms with van der Waals surface area (Å²) in [5.41, 5.74) is 1.27. The van der Waals surface area contributed by atoms with E-state index in [0.717, 1.165) is 0 Å². The van der Waals surface area contributed by atoms with Crippen LogP contribution in [0.4, 0.5) is 14.5 Å². The number of benzene rings is 2. The van der Waals surface area contributed by atoms with Crippen molar-refractivity contribution in [2.24, 2.45) is 0 Å². The largest absolute Gasteiger partial charge is 0.494 e. The Morgan fingerprint density at radius 1 is 1.09 bits per heavy atom. The summed E-state index contributed by atoms with van der Waals surface area (Å²) in [5.74, 6) is -1.05. The lowest BCUT2D eigenvalue weighted by molar-refractivity contribution is 0.102. The van der Waals surface area contributed by atoms with Crippen LogP contribution in [-0.2, 0) is 0 Å². The molecular formula is C16H12F2N2O2. The number of hydrogen-bond acceptors (Lipinski definition) is 2. The molecule has 0 unspecified atom stereocenters. The van der Waals surface area contributed by atoms with Crippen LogP contribution >= 0.6 is 0 Å². The molecule has 0 aliphatic rings. The van der Waals surface area contributed by atoms with Crippen LogP contribution in [0.5, 0.6) is 5.75 Å². The Balaban J connectivity index is 1.90. The molecule has 0 aliphatic carbocycles. The minimum absolute atomic E-state index is 0.218. The number of rotatable bonds is 3. The number of H-pyrrole nitrogens is 1. The Bertz CT molecular complexity index is 858. The van der Waals surface area contributed by atoms with Crippen molar-refractivity contribution in [2.75, 3.05) is 12.4 Å². The first-order valence-corrected chi connectivity index (χ1v) is 6.50. The number of fused-ring (bicyclic) bond motifs is 1. The molecule has 0 fully saturated rings. The highest BCUT2D eigenvalue weighted by molar-refractivity contribution is 6.06. The van der Waals surface area contributed by atoms with E-state index in [1.807, 2.05) is 0 Å². The number of anilines is 1. The number of carbonyl (C=O) groups is 1. The van der Waals surface area contributed by atoms with Crippen LogP contribution in [0, 0.1) is 11.6 Å². The summed E-state index contributed by atoms with van der Waals surface area (Å²) in [6.07, 6.45) is 0. The van der Waals surface area contributed by atoms with Gasteiger partial charge in [0.05, 0.1) is 12.8 Å². The molecule has 4 nitrogen and oxygen atoms in total. The number of halogens is 2. The fraction of sp³-hybridized carbons (Fsp3) is 0.0625. The zero-order chi connectivity index (χ0) is 15.7. The number of nitrogens with one attached hydrogen (secondary N) is 2. The maximum Gasteiger partial charge on any atom is 0.272 e. The number of hydrogen-bond donors (Lipinski definition) is 2. The van der Waals surface area contributed by atoms with Crippen molar-refractivity contribution < 1.29 is 18.3 Å². The lowest BCUT2D eigenvalue weighted by atomic mass is 10.2. The quantitative estimate of drug-likeness (QED) is 0.775. The fourth-order valence-electron chi connectivity index (χ4n) is 2.18. The molecule has 0 saturated heterocycles. The van der Waals surface area contributed by atoms with Gasteiger partial charge >= 0.3 is 0 Å². The molecule has 0 bridgehead atoms. The van der Waals surface area contributed by atoms with Gasteiger partial charge in [-0.2, -0.15) is 0 Å². The van der Waals surface area contributed by atoms with Crippen molar-refractivity contribution in [2.45, 2.75) is 0 Å². The average molecular weight is 302 g/mol. The second-order valence-electron chi connectivity index (χ2n) is 4.71. The molecular weight excluding hydrogens is 290 g/mol. The number of carbonyl (C=O) groups excluding carboxylic acids is 1. The van der Waals surface area contributed by atoms with Crippen molar-refractivity contribution in [3.8, 4) is 5.75 Å². The SMILES string of the molecule is COc1cc(F)ccc1NC(=O)c1cc2cc(F)ccc2[nH]1. The number of aromatic nitrogens is 1. The summed E-state index contributed by atoms with van der Waals surface area (Å²) in [6.45, 7) is 0. The van der Waals surface area contributed by atoms with E-state index in [1.165, 1.54) is 37.4 Å². The molecule has 0 spiro atoms. The predicted molar refractivity (Wildman–Crippen MR) is 79.2 cm³/mol. The third-order valence-electron chi connectivity index (χ3n) is 3.24. The molecule has 0 radical (unpaired) electrons. The van der Waals surface area contributed by atoms with E-state index in [1.54, 1.807) is 12.1 Å². The summed E-state index contributed by atoms with van der Waals surface area (Å²) in [6, 6.07) is 9.55. The summed E-state index contributed by atoms with van der Waals surface area (Å²) >= 11 is 0. The van der Waals surface area contributed by atoms with Gasteiger partial charge in [-0.3, -0.25) is 4.79 Å².